The summed E-state index contributed by atoms with van der Waals surface area (Å²) in [6.07, 6.45) is 3.66. The van der Waals surface area contributed by atoms with Crippen molar-refractivity contribution in [1.29, 1.82) is 0 Å². The molecule has 5 heteroatoms. The van der Waals surface area contributed by atoms with Gasteiger partial charge in [-0.3, -0.25) is 0 Å². The maximum Gasteiger partial charge on any atom is 0.158 e. The molecular formula is C12H10BrN3S. The first-order chi connectivity index (χ1) is 8.24. The summed E-state index contributed by atoms with van der Waals surface area (Å²) in [7, 11) is 0. The minimum atomic E-state index is 0.793. The van der Waals surface area contributed by atoms with E-state index in [9.17, 15) is 0 Å². The molecule has 86 valence electrons. The molecular weight excluding hydrogens is 298 g/mol. The molecule has 3 nitrogen and oxygen atoms in total. The fourth-order valence-electron chi connectivity index (χ4n) is 1.76. The van der Waals surface area contributed by atoms with Crippen LogP contribution in [0.5, 0.6) is 0 Å². The van der Waals surface area contributed by atoms with Crippen LogP contribution in [0.3, 0.4) is 0 Å². The van der Waals surface area contributed by atoms with Gasteiger partial charge in [-0.1, -0.05) is 0 Å². The predicted molar refractivity (Wildman–Crippen MR) is 73.4 cm³/mol. The lowest BCUT2D eigenvalue weighted by atomic mass is 10.3. The highest BCUT2D eigenvalue weighted by Crippen LogP contribution is 2.20. The van der Waals surface area contributed by atoms with Crippen molar-refractivity contribution in [3.8, 4) is 0 Å². The van der Waals surface area contributed by atoms with E-state index in [-0.39, 0.29) is 0 Å². The monoisotopic (exact) mass is 307 g/mol. The summed E-state index contributed by atoms with van der Waals surface area (Å²) in [6.45, 7) is 2.92. The fraction of sp³-hybridized carbons (Fsp3) is 0.167. The second-order valence-electron chi connectivity index (χ2n) is 3.90. The number of pyridine rings is 1. The van der Waals surface area contributed by atoms with Gasteiger partial charge >= 0.3 is 0 Å². The van der Waals surface area contributed by atoms with Gasteiger partial charge in [-0.05, 0) is 45.9 Å². The summed E-state index contributed by atoms with van der Waals surface area (Å²) in [6, 6.07) is 4.17. The molecule has 0 spiro atoms. The molecule has 0 unspecified atom stereocenters. The Morgan fingerprint density at radius 2 is 2.29 bits per heavy atom. The molecule has 3 heterocycles. The van der Waals surface area contributed by atoms with Crippen molar-refractivity contribution in [3.63, 3.8) is 0 Å². The van der Waals surface area contributed by atoms with Crippen LogP contribution in [-0.4, -0.2) is 14.8 Å². The van der Waals surface area contributed by atoms with E-state index < -0.39 is 0 Å². The van der Waals surface area contributed by atoms with Crippen LogP contribution in [0.2, 0.25) is 0 Å². The molecule has 17 heavy (non-hydrogen) atoms. The summed E-state index contributed by atoms with van der Waals surface area (Å²) >= 11 is 5.18. The van der Waals surface area contributed by atoms with Gasteiger partial charge in [-0.25, -0.2) is 9.67 Å². The molecule has 0 aliphatic heterocycles. The Balaban J connectivity index is 2.04. The smallest absolute Gasteiger partial charge is 0.158 e. The van der Waals surface area contributed by atoms with E-state index in [0.717, 1.165) is 22.1 Å². The van der Waals surface area contributed by atoms with Crippen molar-refractivity contribution >= 4 is 38.3 Å². The Bertz CT molecular complexity index is 671. The molecule has 0 aliphatic rings. The molecule has 0 aliphatic carbocycles. The maximum absolute atomic E-state index is 4.41. The first kappa shape index (κ1) is 10.9. The average molecular weight is 308 g/mol. The zero-order chi connectivity index (χ0) is 11.8. The van der Waals surface area contributed by atoms with Crippen molar-refractivity contribution in [1.82, 2.24) is 14.8 Å². The number of thiophene rings is 1. The van der Waals surface area contributed by atoms with E-state index in [1.165, 1.54) is 10.4 Å². The normalized spacial score (nSPS) is 11.2. The molecule has 0 aromatic carbocycles. The molecule has 0 amide bonds. The second kappa shape index (κ2) is 4.23. The molecule has 0 N–H and O–H groups in total. The number of fused-ring (bicyclic) bond motifs is 1. The van der Waals surface area contributed by atoms with Gasteiger partial charge in [0.05, 0.1) is 12.7 Å². The third-order valence-corrected chi connectivity index (χ3v) is 4.15. The van der Waals surface area contributed by atoms with Gasteiger partial charge < -0.3 is 0 Å². The first-order valence-electron chi connectivity index (χ1n) is 5.24. The van der Waals surface area contributed by atoms with Crippen molar-refractivity contribution in [2.24, 2.45) is 0 Å². The molecule has 3 rings (SSSR count). The van der Waals surface area contributed by atoms with Crippen LogP contribution in [0, 0.1) is 6.92 Å². The Kier molecular flexibility index (Phi) is 2.72. The fourth-order valence-corrected chi connectivity index (χ4v) is 3.00. The quantitative estimate of drug-likeness (QED) is 0.724. The van der Waals surface area contributed by atoms with E-state index in [1.54, 1.807) is 11.3 Å². The van der Waals surface area contributed by atoms with Gasteiger partial charge in [-0.15, -0.1) is 11.3 Å². The van der Waals surface area contributed by atoms with Crippen LogP contribution in [-0.2, 0) is 6.54 Å². The number of rotatable bonds is 2. The molecule has 0 atom stereocenters. The third-order valence-electron chi connectivity index (χ3n) is 2.70. The minimum Gasteiger partial charge on any atom is -0.242 e. The second-order valence-corrected chi connectivity index (χ2v) is 5.81. The lowest BCUT2D eigenvalue weighted by Crippen LogP contribution is -2.01. The van der Waals surface area contributed by atoms with Gasteiger partial charge in [0, 0.05) is 20.9 Å². The Hall–Kier alpha value is -1.20. The van der Waals surface area contributed by atoms with E-state index in [1.807, 2.05) is 23.1 Å². The molecule has 0 saturated heterocycles. The van der Waals surface area contributed by atoms with Gasteiger partial charge in [0.1, 0.15) is 0 Å². The molecule has 0 radical (unpaired) electrons. The molecule has 3 aromatic heterocycles. The largest absolute Gasteiger partial charge is 0.242 e. The highest BCUT2D eigenvalue weighted by Gasteiger charge is 2.07. The number of hydrogen-bond donors (Lipinski definition) is 0. The summed E-state index contributed by atoms with van der Waals surface area (Å²) < 4.78 is 2.93. The highest BCUT2D eigenvalue weighted by atomic mass is 79.9. The van der Waals surface area contributed by atoms with E-state index in [4.69, 9.17) is 0 Å². The van der Waals surface area contributed by atoms with E-state index >= 15 is 0 Å². The first-order valence-corrected chi connectivity index (χ1v) is 6.91. The van der Waals surface area contributed by atoms with Gasteiger partial charge in [0.2, 0.25) is 0 Å². The number of aromatic nitrogens is 3. The highest BCUT2D eigenvalue weighted by molar-refractivity contribution is 9.10. The van der Waals surface area contributed by atoms with Crippen molar-refractivity contribution in [2.45, 2.75) is 13.5 Å². The molecule has 0 fully saturated rings. The summed E-state index contributed by atoms with van der Waals surface area (Å²) in [5.74, 6) is 0. The number of nitrogens with zero attached hydrogens (tertiary/aromatic N) is 3. The summed E-state index contributed by atoms with van der Waals surface area (Å²) in [4.78, 5) is 5.74. The van der Waals surface area contributed by atoms with Crippen LogP contribution in [0.1, 0.15) is 10.4 Å². The standard InChI is InChI=1S/C12H10BrN3S/c1-8-2-3-17-11(8)7-16-12-9(5-15-16)4-10(13)6-14-12/h2-6H,7H2,1H3. The molecule has 0 bridgehead atoms. The zero-order valence-electron chi connectivity index (χ0n) is 9.22. The lowest BCUT2D eigenvalue weighted by molar-refractivity contribution is 0.710. The predicted octanol–water partition coefficient (Wildman–Crippen LogP) is 3.61. The number of aryl methyl sites for hydroxylation is 1. The van der Waals surface area contributed by atoms with Crippen LogP contribution >= 0.6 is 27.3 Å². The third kappa shape index (κ3) is 2.00. The topological polar surface area (TPSA) is 30.7 Å². The van der Waals surface area contributed by atoms with E-state index in [0.29, 0.717) is 0 Å². The van der Waals surface area contributed by atoms with Gasteiger partial charge in [0.15, 0.2) is 5.65 Å². The van der Waals surface area contributed by atoms with Crippen molar-refractivity contribution in [3.05, 3.63) is 44.8 Å². The summed E-state index contributed by atoms with van der Waals surface area (Å²) in [5, 5.41) is 7.57. The number of hydrogen-bond acceptors (Lipinski definition) is 3. The Labute approximate surface area is 111 Å². The maximum atomic E-state index is 4.41. The van der Waals surface area contributed by atoms with Crippen LogP contribution in [0.15, 0.2) is 34.4 Å². The zero-order valence-corrected chi connectivity index (χ0v) is 11.6. The Morgan fingerprint density at radius 3 is 3.06 bits per heavy atom. The number of halogens is 1. The summed E-state index contributed by atoms with van der Waals surface area (Å²) in [5.41, 5.74) is 2.25. The molecule has 0 saturated carbocycles. The van der Waals surface area contributed by atoms with Crippen molar-refractivity contribution in [2.75, 3.05) is 0 Å². The molecule has 3 aromatic rings. The Morgan fingerprint density at radius 1 is 1.41 bits per heavy atom. The van der Waals surface area contributed by atoms with Crippen LogP contribution in [0.25, 0.3) is 11.0 Å². The van der Waals surface area contributed by atoms with Gasteiger partial charge in [-0.2, -0.15) is 5.10 Å². The van der Waals surface area contributed by atoms with Crippen LogP contribution < -0.4 is 0 Å². The van der Waals surface area contributed by atoms with Crippen LogP contribution in [0.4, 0.5) is 0 Å². The van der Waals surface area contributed by atoms with Crippen molar-refractivity contribution < 1.29 is 0 Å². The minimum absolute atomic E-state index is 0.793. The van der Waals surface area contributed by atoms with Gasteiger partial charge in [0.25, 0.3) is 0 Å². The average Bonchev–Trinajstić information content (AvgIpc) is 2.87. The lowest BCUT2D eigenvalue weighted by Gasteiger charge is -2.02. The SMILES string of the molecule is Cc1ccsc1Cn1ncc2cc(Br)cnc21. The van der Waals surface area contributed by atoms with E-state index in [2.05, 4.69) is 44.4 Å².